The predicted octanol–water partition coefficient (Wildman–Crippen LogP) is -0.160. The van der Waals surface area contributed by atoms with Crippen molar-refractivity contribution >= 4 is 0 Å². The summed E-state index contributed by atoms with van der Waals surface area (Å²) in [4.78, 5) is 6.55. The van der Waals surface area contributed by atoms with Crippen molar-refractivity contribution in [2.75, 3.05) is 33.3 Å². The number of aromatic nitrogens is 2. The quantitative estimate of drug-likeness (QED) is 0.772. The minimum Gasteiger partial charge on any atom is -0.374 e. The van der Waals surface area contributed by atoms with Crippen LogP contribution < -0.4 is 5.32 Å². The SMILES string of the molecule is CNCC1CN(Cc2cncn2C)CCO1. The third-order valence-corrected chi connectivity index (χ3v) is 2.96. The number of likely N-dealkylation sites (N-methyl/N-ethyl adjacent to an activating group) is 1. The van der Waals surface area contributed by atoms with Crippen LogP contribution in [0.15, 0.2) is 12.5 Å². The van der Waals surface area contributed by atoms with E-state index in [4.69, 9.17) is 4.74 Å². The lowest BCUT2D eigenvalue weighted by molar-refractivity contribution is -0.0297. The number of ether oxygens (including phenoxy) is 1. The van der Waals surface area contributed by atoms with Crippen molar-refractivity contribution in [1.29, 1.82) is 0 Å². The second-order valence-electron chi connectivity index (χ2n) is 4.28. The Hall–Kier alpha value is -0.910. The summed E-state index contributed by atoms with van der Waals surface area (Å²) in [6.45, 7) is 4.70. The maximum Gasteiger partial charge on any atom is 0.0945 e. The molecular formula is C11H20N4O. The molecule has 5 heteroatoms. The fraction of sp³-hybridized carbons (Fsp3) is 0.727. The average molecular weight is 224 g/mol. The van der Waals surface area contributed by atoms with Gasteiger partial charge in [-0.2, -0.15) is 0 Å². The Kier molecular flexibility index (Phi) is 3.93. The molecule has 0 saturated carbocycles. The molecule has 1 aliphatic heterocycles. The maximum absolute atomic E-state index is 5.67. The molecule has 1 N–H and O–H groups in total. The molecule has 1 aromatic heterocycles. The third kappa shape index (κ3) is 2.81. The molecule has 5 nitrogen and oxygen atoms in total. The molecular weight excluding hydrogens is 204 g/mol. The number of aryl methyl sites for hydroxylation is 1. The zero-order valence-electron chi connectivity index (χ0n) is 10.0. The Bertz CT molecular complexity index is 324. The minimum absolute atomic E-state index is 0.312. The summed E-state index contributed by atoms with van der Waals surface area (Å²) in [6, 6.07) is 0. The molecule has 1 aromatic rings. The van der Waals surface area contributed by atoms with E-state index in [0.717, 1.165) is 32.8 Å². The summed E-state index contributed by atoms with van der Waals surface area (Å²) in [5, 5.41) is 3.16. The molecule has 0 aliphatic carbocycles. The third-order valence-electron chi connectivity index (χ3n) is 2.96. The molecule has 0 amide bonds. The van der Waals surface area contributed by atoms with Crippen LogP contribution in [-0.2, 0) is 18.3 Å². The first kappa shape index (κ1) is 11.6. The number of hydrogen-bond donors (Lipinski definition) is 1. The Morgan fingerprint density at radius 2 is 2.50 bits per heavy atom. The van der Waals surface area contributed by atoms with E-state index in [-0.39, 0.29) is 0 Å². The van der Waals surface area contributed by atoms with Gasteiger partial charge in [-0.05, 0) is 7.05 Å². The number of nitrogens with zero attached hydrogens (tertiary/aromatic N) is 3. The summed E-state index contributed by atoms with van der Waals surface area (Å²) >= 11 is 0. The van der Waals surface area contributed by atoms with Gasteiger partial charge in [-0.15, -0.1) is 0 Å². The monoisotopic (exact) mass is 224 g/mol. The van der Waals surface area contributed by atoms with Gasteiger partial charge in [0.25, 0.3) is 0 Å². The van der Waals surface area contributed by atoms with Gasteiger partial charge in [-0.3, -0.25) is 4.90 Å². The maximum atomic E-state index is 5.67. The second kappa shape index (κ2) is 5.43. The molecule has 16 heavy (non-hydrogen) atoms. The zero-order chi connectivity index (χ0) is 11.4. The van der Waals surface area contributed by atoms with Crippen LogP contribution >= 0.6 is 0 Å². The first-order valence-corrected chi connectivity index (χ1v) is 5.73. The van der Waals surface area contributed by atoms with Crippen LogP contribution in [0, 0.1) is 0 Å². The fourth-order valence-electron chi connectivity index (χ4n) is 2.04. The van der Waals surface area contributed by atoms with E-state index >= 15 is 0 Å². The van der Waals surface area contributed by atoms with E-state index < -0.39 is 0 Å². The molecule has 1 aliphatic rings. The molecule has 2 rings (SSSR count). The Morgan fingerprint density at radius 3 is 3.19 bits per heavy atom. The van der Waals surface area contributed by atoms with Crippen molar-refractivity contribution < 1.29 is 4.74 Å². The number of imidazole rings is 1. The second-order valence-corrected chi connectivity index (χ2v) is 4.28. The van der Waals surface area contributed by atoms with Gasteiger partial charge < -0.3 is 14.6 Å². The standard InChI is InChI=1S/C11H20N4O/c1-12-6-11-8-15(3-4-16-11)7-10-5-13-9-14(10)2/h5,9,11-12H,3-4,6-8H2,1-2H3. The summed E-state index contributed by atoms with van der Waals surface area (Å²) in [5.41, 5.74) is 1.25. The first-order valence-electron chi connectivity index (χ1n) is 5.73. The van der Waals surface area contributed by atoms with Crippen molar-refractivity contribution in [1.82, 2.24) is 19.8 Å². The molecule has 1 saturated heterocycles. The molecule has 0 aromatic carbocycles. The molecule has 1 fully saturated rings. The summed E-state index contributed by atoms with van der Waals surface area (Å²) < 4.78 is 7.74. The van der Waals surface area contributed by atoms with E-state index in [0.29, 0.717) is 6.10 Å². The molecule has 0 radical (unpaired) electrons. The lowest BCUT2D eigenvalue weighted by Gasteiger charge is -2.32. The van der Waals surface area contributed by atoms with Crippen LogP contribution in [0.4, 0.5) is 0 Å². The van der Waals surface area contributed by atoms with E-state index in [2.05, 4.69) is 19.8 Å². The first-order chi connectivity index (χ1) is 7.79. The molecule has 0 spiro atoms. The number of hydrogen-bond acceptors (Lipinski definition) is 4. The summed E-state index contributed by atoms with van der Waals surface area (Å²) in [6.07, 6.45) is 4.09. The largest absolute Gasteiger partial charge is 0.374 e. The van der Waals surface area contributed by atoms with Crippen LogP contribution in [0.2, 0.25) is 0 Å². The normalized spacial score (nSPS) is 22.5. The van der Waals surface area contributed by atoms with E-state index in [1.165, 1.54) is 5.69 Å². The zero-order valence-corrected chi connectivity index (χ0v) is 10.0. The molecule has 0 bridgehead atoms. The highest BCUT2D eigenvalue weighted by Gasteiger charge is 2.20. The topological polar surface area (TPSA) is 42.3 Å². The lowest BCUT2D eigenvalue weighted by atomic mass is 10.2. The van der Waals surface area contributed by atoms with E-state index in [1.807, 2.05) is 26.6 Å². The van der Waals surface area contributed by atoms with Crippen LogP contribution in [0.1, 0.15) is 5.69 Å². The van der Waals surface area contributed by atoms with Gasteiger partial charge in [-0.1, -0.05) is 0 Å². The Morgan fingerprint density at radius 1 is 1.62 bits per heavy atom. The molecule has 1 atom stereocenters. The lowest BCUT2D eigenvalue weighted by Crippen LogP contribution is -2.45. The average Bonchev–Trinajstić information content (AvgIpc) is 2.66. The van der Waals surface area contributed by atoms with Gasteiger partial charge in [0.1, 0.15) is 0 Å². The van der Waals surface area contributed by atoms with Crippen LogP contribution in [0.25, 0.3) is 0 Å². The van der Waals surface area contributed by atoms with E-state index in [1.54, 1.807) is 0 Å². The number of nitrogens with one attached hydrogen (secondary N) is 1. The van der Waals surface area contributed by atoms with Gasteiger partial charge in [0.05, 0.1) is 24.7 Å². The number of rotatable bonds is 4. The van der Waals surface area contributed by atoms with Gasteiger partial charge in [-0.25, -0.2) is 4.98 Å². The van der Waals surface area contributed by atoms with E-state index in [9.17, 15) is 0 Å². The highest BCUT2D eigenvalue weighted by Crippen LogP contribution is 2.09. The van der Waals surface area contributed by atoms with Crippen molar-refractivity contribution in [2.45, 2.75) is 12.6 Å². The predicted molar refractivity (Wildman–Crippen MR) is 62.2 cm³/mol. The molecule has 90 valence electrons. The van der Waals surface area contributed by atoms with Gasteiger partial charge in [0.15, 0.2) is 0 Å². The van der Waals surface area contributed by atoms with Gasteiger partial charge in [0.2, 0.25) is 0 Å². The fourth-order valence-corrected chi connectivity index (χ4v) is 2.04. The highest BCUT2D eigenvalue weighted by atomic mass is 16.5. The minimum atomic E-state index is 0.312. The Balaban J connectivity index is 1.88. The van der Waals surface area contributed by atoms with Crippen molar-refractivity contribution in [3.05, 3.63) is 18.2 Å². The van der Waals surface area contributed by atoms with Gasteiger partial charge in [0, 0.05) is 39.4 Å². The van der Waals surface area contributed by atoms with Gasteiger partial charge >= 0.3 is 0 Å². The molecule has 2 heterocycles. The summed E-state index contributed by atoms with van der Waals surface area (Å²) in [5.74, 6) is 0. The summed E-state index contributed by atoms with van der Waals surface area (Å²) in [7, 11) is 4.00. The molecule has 1 unspecified atom stereocenters. The smallest absolute Gasteiger partial charge is 0.0945 e. The van der Waals surface area contributed by atoms with Crippen molar-refractivity contribution in [2.24, 2.45) is 7.05 Å². The Labute approximate surface area is 96.4 Å². The number of morpholine rings is 1. The van der Waals surface area contributed by atoms with Crippen LogP contribution in [0.5, 0.6) is 0 Å². The van der Waals surface area contributed by atoms with Crippen molar-refractivity contribution in [3.63, 3.8) is 0 Å². The van der Waals surface area contributed by atoms with Crippen LogP contribution in [0.3, 0.4) is 0 Å². The van der Waals surface area contributed by atoms with Crippen LogP contribution in [-0.4, -0.2) is 53.8 Å². The van der Waals surface area contributed by atoms with Crippen molar-refractivity contribution in [3.8, 4) is 0 Å². The highest BCUT2D eigenvalue weighted by molar-refractivity contribution is 4.97.